The van der Waals surface area contributed by atoms with E-state index < -0.39 is 0 Å². The minimum absolute atomic E-state index is 0.249. The summed E-state index contributed by atoms with van der Waals surface area (Å²) in [5.41, 5.74) is 2.56. The molecule has 0 saturated carbocycles. The smallest absolute Gasteiger partial charge is 0.287 e. The van der Waals surface area contributed by atoms with Gasteiger partial charge in [-0.15, -0.1) is 0 Å². The van der Waals surface area contributed by atoms with Crippen molar-refractivity contribution in [3.05, 3.63) is 95.8 Å². The molecule has 2 N–H and O–H groups in total. The molecule has 0 saturated heterocycles. The van der Waals surface area contributed by atoms with Gasteiger partial charge >= 0.3 is 0 Å². The van der Waals surface area contributed by atoms with Crippen LogP contribution in [0.1, 0.15) is 33.5 Å². The van der Waals surface area contributed by atoms with Crippen LogP contribution in [0.4, 0.5) is 0 Å². The number of H-pyrrole nitrogens is 1. The molecule has 30 heavy (non-hydrogen) atoms. The van der Waals surface area contributed by atoms with Crippen LogP contribution in [0, 0.1) is 6.92 Å². The number of fused-ring (bicyclic) bond motifs is 3. The highest BCUT2D eigenvalue weighted by Gasteiger charge is 2.23. The average Bonchev–Trinajstić information content (AvgIpc) is 3.42. The predicted molar refractivity (Wildman–Crippen MR) is 115 cm³/mol. The Kier molecular flexibility index (Phi) is 4.52. The van der Waals surface area contributed by atoms with Gasteiger partial charge in [0.1, 0.15) is 17.7 Å². The molecule has 0 unspecified atom stereocenters. The molecule has 1 amide bonds. The number of rotatable bonds is 5. The molecule has 2 aromatic heterocycles. The number of benzene rings is 3. The van der Waals surface area contributed by atoms with Crippen molar-refractivity contribution in [2.45, 2.75) is 19.4 Å². The van der Waals surface area contributed by atoms with E-state index in [0.717, 1.165) is 32.9 Å². The lowest BCUT2D eigenvalue weighted by Crippen LogP contribution is -2.30. The number of nitrogens with one attached hydrogen (secondary N) is 2. The molecular weight excluding hydrogens is 376 g/mol. The number of aryl methyl sites for hydroxylation is 1. The summed E-state index contributed by atoms with van der Waals surface area (Å²) in [5.74, 6) is 0.789. The van der Waals surface area contributed by atoms with Gasteiger partial charge in [0, 0.05) is 22.8 Å². The molecule has 0 aliphatic carbocycles. The first-order valence-electron chi connectivity index (χ1n) is 9.81. The van der Waals surface area contributed by atoms with Crippen molar-refractivity contribution in [1.29, 1.82) is 0 Å². The first-order chi connectivity index (χ1) is 14.7. The van der Waals surface area contributed by atoms with Crippen LogP contribution in [0.15, 0.2) is 77.5 Å². The maximum absolute atomic E-state index is 13.2. The SMILES string of the molecule is Cc1c(C(=O)N[C@@H](Cc2ncn[nH]2)c2ccccc2)oc2c1ccc1ccccc12. The summed E-state index contributed by atoms with van der Waals surface area (Å²) >= 11 is 0. The van der Waals surface area contributed by atoms with Crippen LogP contribution in [0.25, 0.3) is 21.7 Å². The molecule has 0 bridgehead atoms. The first-order valence-corrected chi connectivity index (χ1v) is 9.81. The van der Waals surface area contributed by atoms with E-state index in [2.05, 4.69) is 26.6 Å². The van der Waals surface area contributed by atoms with E-state index in [9.17, 15) is 4.79 Å². The van der Waals surface area contributed by atoms with E-state index in [1.165, 1.54) is 6.33 Å². The second-order valence-electron chi connectivity index (χ2n) is 7.29. The normalized spacial score (nSPS) is 12.3. The fourth-order valence-corrected chi connectivity index (χ4v) is 3.85. The number of aromatic nitrogens is 3. The number of amides is 1. The molecule has 1 atom stereocenters. The number of nitrogens with zero attached hydrogens (tertiary/aromatic N) is 2. The second kappa shape index (κ2) is 7.48. The third kappa shape index (κ3) is 3.22. The van der Waals surface area contributed by atoms with Gasteiger partial charge in [-0.2, -0.15) is 5.10 Å². The Hall–Kier alpha value is -3.93. The third-order valence-corrected chi connectivity index (χ3v) is 5.40. The Morgan fingerprint density at radius 1 is 1.03 bits per heavy atom. The highest BCUT2D eigenvalue weighted by atomic mass is 16.3. The number of carbonyl (C=O) groups is 1. The topological polar surface area (TPSA) is 83.8 Å². The lowest BCUT2D eigenvalue weighted by Gasteiger charge is -2.17. The molecule has 0 spiro atoms. The minimum atomic E-state index is -0.268. The van der Waals surface area contributed by atoms with Gasteiger partial charge in [-0.1, -0.05) is 66.7 Å². The minimum Gasteiger partial charge on any atom is -0.450 e. The van der Waals surface area contributed by atoms with E-state index >= 15 is 0 Å². The number of carbonyl (C=O) groups excluding carboxylic acids is 1. The summed E-state index contributed by atoms with van der Waals surface area (Å²) in [5, 5.41) is 12.9. The quantitative estimate of drug-likeness (QED) is 0.450. The van der Waals surface area contributed by atoms with Crippen LogP contribution in [0.2, 0.25) is 0 Å². The van der Waals surface area contributed by atoms with Crippen molar-refractivity contribution in [3.8, 4) is 0 Å². The molecule has 0 aliphatic rings. The van der Waals surface area contributed by atoms with Crippen molar-refractivity contribution >= 4 is 27.6 Å². The Labute approximate surface area is 172 Å². The summed E-state index contributed by atoms with van der Waals surface area (Å²) < 4.78 is 6.10. The van der Waals surface area contributed by atoms with Crippen molar-refractivity contribution < 1.29 is 9.21 Å². The van der Waals surface area contributed by atoms with Crippen LogP contribution in [0.3, 0.4) is 0 Å². The van der Waals surface area contributed by atoms with Gasteiger partial charge in [-0.3, -0.25) is 9.89 Å². The van der Waals surface area contributed by atoms with Crippen LogP contribution < -0.4 is 5.32 Å². The summed E-state index contributed by atoms with van der Waals surface area (Å²) in [4.78, 5) is 17.4. The third-order valence-electron chi connectivity index (χ3n) is 5.40. The largest absolute Gasteiger partial charge is 0.450 e. The van der Waals surface area contributed by atoms with E-state index in [1.54, 1.807) is 0 Å². The molecule has 6 nitrogen and oxygen atoms in total. The van der Waals surface area contributed by atoms with Crippen molar-refractivity contribution in [2.75, 3.05) is 0 Å². The predicted octanol–water partition coefficient (Wildman–Crippen LogP) is 4.73. The lowest BCUT2D eigenvalue weighted by atomic mass is 10.0. The number of hydrogen-bond donors (Lipinski definition) is 2. The molecule has 6 heteroatoms. The summed E-state index contributed by atoms with van der Waals surface area (Å²) in [6.07, 6.45) is 1.96. The van der Waals surface area contributed by atoms with Crippen LogP contribution in [-0.4, -0.2) is 21.1 Å². The molecule has 0 aliphatic heterocycles. The maximum Gasteiger partial charge on any atom is 0.287 e. The Balaban J connectivity index is 1.51. The molecule has 0 fully saturated rings. The van der Waals surface area contributed by atoms with Crippen LogP contribution >= 0.6 is 0 Å². The fourth-order valence-electron chi connectivity index (χ4n) is 3.85. The zero-order chi connectivity index (χ0) is 20.5. The maximum atomic E-state index is 13.2. The summed E-state index contributed by atoms with van der Waals surface area (Å²) in [6.45, 7) is 1.92. The van der Waals surface area contributed by atoms with E-state index in [-0.39, 0.29) is 11.9 Å². The lowest BCUT2D eigenvalue weighted by molar-refractivity contribution is 0.0909. The summed E-state index contributed by atoms with van der Waals surface area (Å²) in [6, 6.07) is 21.6. The Bertz CT molecular complexity index is 1320. The van der Waals surface area contributed by atoms with Crippen LogP contribution in [-0.2, 0) is 6.42 Å². The second-order valence-corrected chi connectivity index (χ2v) is 7.29. The molecule has 5 rings (SSSR count). The molecule has 148 valence electrons. The molecular formula is C24H20N4O2. The molecule has 3 aromatic carbocycles. The average molecular weight is 396 g/mol. The van der Waals surface area contributed by atoms with Crippen molar-refractivity contribution in [1.82, 2.24) is 20.5 Å². The highest BCUT2D eigenvalue weighted by molar-refractivity contribution is 6.08. The van der Waals surface area contributed by atoms with Gasteiger partial charge < -0.3 is 9.73 Å². The first kappa shape index (κ1) is 18.1. The van der Waals surface area contributed by atoms with E-state index in [4.69, 9.17) is 4.42 Å². The fraction of sp³-hybridized carbons (Fsp3) is 0.125. The zero-order valence-corrected chi connectivity index (χ0v) is 16.4. The van der Waals surface area contributed by atoms with Gasteiger partial charge in [0.15, 0.2) is 5.76 Å². The monoisotopic (exact) mass is 396 g/mol. The molecule has 2 heterocycles. The Morgan fingerprint density at radius 3 is 2.63 bits per heavy atom. The number of hydrogen-bond acceptors (Lipinski definition) is 4. The Morgan fingerprint density at radius 2 is 1.83 bits per heavy atom. The molecule has 5 aromatic rings. The number of furan rings is 1. The van der Waals surface area contributed by atoms with Crippen LogP contribution in [0.5, 0.6) is 0 Å². The standard InChI is InChI=1S/C24H20N4O2/c1-15-18-12-11-16-7-5-6-10-19(16)23(18)30-22(15)24(29)27-20(13-21-25-14-26-28-21)17-8-3-2-4-9-17/h2-12,14,20H,13H2,1H3,(H,27,29)(H,25,26,28)/t20-/m0/s1. The summed E-state index contributed by atoms with van der Waals surface area (Å²) in [7, 11) is 0. The van der Waals surface area contributed by atoms with E-state index in [0.29, 0.717) is 18.0 Å². The van der Waals surface area contributed by atoms with E-state index in [1.807, 2.05) is 67.6 Å². The van der Waals surface area contributed by atoms with Crippen molar-refractivity contribution in [3.63, 3.8) is 0 Å². The van der Waals surface area contributed by atoms with Gasteiger partial charge in [0.2, 0.25) is 0 Å². The van der Waals surface area contributed by atoms with Gasteiger partial charge in [-0.05, 0) is 17.9 Å². The molecule has 0 radical (unpaired) electrons. The van der Waals surface area contributed by atoms with Gasteiger partial charge in [0.25, 0.3) is 5.91 Å². The van der Waals surface area contributed by atoms with Gasteiger partial charge in [0.05, 0.1) is 6.04 Å². The van der Waals surface area contributed by atoms with Crippen molar-refractivity contribution in [2.24, 2.45) is 0 Å². The zero-order valence-electron chi connectivity index (χ0n) is 16.4. The highest BCUT2D eigenvalue weighted by Crippen LogP contribution is 2.32. The van der Waals surface area contributed by atoms with Gasteiger partial charge in [-0.25, -0.2) is 4.98 Å². The number of aromatic amines is 1.